The predicted molar refractivity (Wildman–Crippen MR) is 53.3 cm³/mol. The van der Waals surface area contributed by atoms with Gasteiger partial charge in [-0.2, -0.15) is 0 Å². The van der Waals surface area contributed by atoms with Gasteiger partial charge < -0.3 is 14.9 Å². The lowest BCUT2D eigenvalue weighted by atomic mass is 9.95. The Morgan fingerprint density at radius 1 is 1.67 bits per heavy atom. The van der Waals surface area contributed by atoms with E-state index in [0.717, 1.165) is 19.4 Å². The average molecular weight is 231 g/mol. The number of hydrogen-bond acceptors (Lipinski definition) is 4. The lowest BCUT2D eigenvalue weighted by Crippen LogP contribution is -2.28. The van der Waals surface area contributed by atoms with Gasteiger partial charge >= 0.3 is 5.97 Å². The van der Waals surface area contributed by atoms with Crippen LogP contribution in [0.4, 0.5) is 0 Å². The molecular formula is C9H11ClN2O3. The Labute approximate surface area is 91.4 Å². The molecule has 1 atom stereocenters. The van der Waals surface area contributed by atoms with Gasteiger partial charge in [0.1, 0.15) is 5.56 Å². The molecule has 2 rings (SSSR count). The monoisotopic (exact) mass is 230 g/mol. The van der Waals surface area contributed by atoms with Gasteiger partial charge in [-0.1, -0.05) is 16.8 Å². The highest BCUT2D eigenvalue weighted by molar-refractivity contribution is 6.32. The smallest absolute Gasteiger partial charge is 0.342 e. The first-order chi connectivity index (χ1) is 7.20. The first kappa shape index (κ1) is 10.4. The van der Waals surface area contributed by atoms with Crippen molar-refractivity contribution in [2.75, 3.05) is 13.1 Å². The molecule has 1 fully saturated rings. The van der Waals surface area contributed by atoms with Gasteiger partial charge in [-0.25, -0.2) is 4.79 Å². The van der Waals surface area contributed by atoms with Crippen LogP contribution >= 0.6 is 11.6 Å². The minimum Gasteiger partial charge on any atom is -0.477 e. The van der Waals surface area contributed by atoms with Crippen molar-refractivity contribution in [2.45, 2.75) is 18.8 Å². The van der Waals surface area contributed by atoms with Gasteiger partial charge in [0.25, 0.3) is 0 Å². The van der Waals surface area contributed by atoms with Crippen LogP contribution in [-0.2, 0) is 0 Å². The van der Waals surface area contributed by atoms with Crippen molar-refractivity contribution in [3.63, 3.8) is 0 Å². The third-order valence-corrected chi connectivity index (χ3v) is 2.82. The summed E-state index contributed by atoms with van der Waals surface area (Å²) >= 11 is 5.65. The normalized spacial score (nSPS) is 21.5. The van der Waals surface area contributed by atoms with Crippen LogP contribution in [0.5, 0.6) is 0 Å². The lowest BCUT2D eigenvalue weighted by molar-refractivity contribution is 0.0693. The zero-order valence-corrected chi connectivity index (χ0v) is 8.75. The molecule has 0 amide bonds. The van der Waals surface area contributed by atoms with Crippen molar-refractivity contribution in [2.24, 2.45) is 0 Å². The molecule has 82 valence electrons. The van der Waals surface area contributed by atoms with E-state index >= 15 is 0 Å². The maximum absolute atomic E-state index is 10.9. The Kier molecular flexibility index (Phi) is 2.93. The van der Waals surface area contributed by atoms with Crippen molar-refractivity contribution in [3.05, 3.63) is 16.5 Å². The molecule has 1 unspecified atom stereocenters. The second kappa shape index (κ2) is 4.20. The Balaban J connectivity index is 2.30. The second-order valence-corrected chi connectivity index (χ2v) is 3.92. The summed E-state index contributed by atoms with van der Waals surface area (Å²) in [4.78, 5) is 10.9. The van der Waals surface area contributed by atoms with E-state index in [9.17, 15) is 4.79 Å². The zero-order chi connectivity index (χ0) is 10.8. The molecule has 1 aliphatic heterocycles. The van der Waals surface area contributed by atoms with E-state index in [1.165, 1.54) is 0 Å². The zero-order valence-electron chi connectivity index (χ0n) is 7.99. The van der Waals surface area contributed by atoms with E-state index in [-0.39, 0.29) is 16.6 Å². The Morgan fingerprint density at radius 3 is 3.07 bits per heavy atom. The highest BCUT2D eigenvalue weighted by Crippen LogP contribution is 2.30. The van der Waals surface area contributed by atoms with Crippen molar-refractivity contribution in [1.29, 1.82) is 0 Å². The Morgan fingerprint density at radius 2 is 2.47 bits per heavy atom. The SMILES string of the molecule is O=C(O)c1c(Cl)noc1C1CCCNC1. The summed E-state index contributed by atoms with van der Waals surface area (Å²) in [6.07, 6.45) is 1.90. The molecule has 1 aliphatic rings. The average Bonchev–Trinajstić information content (AvgIpc) is 2.61. The first-order valence-electron chi connectivity index (χ1n) is 4.79. The van der Waals surface area contributed by atoms with Crippen LogP contribution in [0.15, 0.2) is 4.52 Å². The van der Waals surface area contributed by atoms with E-state index < -0.39 is 5.97 Å². The van der Waals surface area contributed by atoms with Crippen LogP contribution in [0.1, 0.15) is 34.9 Å². The maximum atomic E-state index is 10.9. The number of carboxylic acid groups (broad SMARTS) is 1. The fraction of sp³-hybridized carbons (Fsp3) is 0.556. The molecule has 0 bridgehead atoms. The predicted octanol–water partition coefficient (Wildman–Crippen LogP) is 1.49. The number of hydrogen-bond donors (Lipinski definition) is 2. The van der Waals surface area contributed by atoms with Crippen LogP contribution in [-0.4, -0.2) is 29.3 Å². The van der Waals surface area contributed by atoms with E-state index in [4.69, 9.17) is 21.2 Å². The topological polar surface area (TPSA) is 75.4 Å². The van der Waals surface area contributed by atoms with Crippen LogP contribution < -0.4 is 5.32 Å². The van der Waals surface area contributed by atoms with Gasteiger partial charge in [-0.05, 0) is 19.4 Å². The van der Waals surface area contributed by atoms with Crippen LogP contribution in [0.3, 0.4) is 0 Å². The number of piperidine rings is 1. The quantitative estimate of drug-likeness (QED) is 0.805. The fourth-order valence-electron chi connectivity index (χ4n) is 1.83. The number of aromatic carboxylic acids is 1. The molecule has 0 radical (unpaired) electrons. The number of halogens is 1. The van der Waals surface area contributed by atoms with Crippen molar-refractivity contribution >= 4 is 17.6 Å². The molecule has 0 spiro atoms. The number of nitrogens with zero attached hydrogens (tertiary/aromatic N) is 1. The second-order valence-electron chi connectivity index (χ2n) is 3.56. The number of carbonyl (C=O) groups is 1. The lowest BCUT2D eigenvalue weighted by Gasteiger charge is -2.20. The van der Waals surface area contributed by atoms with Gasteiger partial charge in [-0.3, -0.25) is 0 Å². The molecular weight excluding hydrogens is 220 g/mol. The molecule has 1 saturated heterocycles. The molecule has 1 aromatic heterocycles. The van der Waals surface area contributed by atoms with Crippen LogP contribution in [0, 0.1) is 0 Å². The van der Waals surface area contributed by atoms with E-state index in [2.05, 4.69) is 10.5 Å². The standard InChI is InChI=1S/C9H11ClN2O3/c10-8-6(9(13)14)7(15-12-8)5-2-1-3-11-4-5/h5,11H,1-4H2,(H,13,14). The summed E-state index contributed by atoms with van der Waals surface area (Å²) < 4.78 is 4.99. The number of rotatable bonds is 2. The van der Waals surface area contributed by atoms with Gasteiger partial charge in [0.05, 0.1) is 0 Å². The van der Waals surface area contributed by atoms with Gasteiger partial charge in [0.15, 0.2) is 10.9 Å². The number of aromatic nitrogens is 1. The van der Waals surface area contributed by atoms with Crippen molar-refractivity contribution < 1.29 is 14.4 Å². The van der Waals surface area contributed by atoms with Crippen LogP contribution in [0.2, 0.25) is 5.15 Å². The van der Waals surface area contributed by atoms with E-state index in [0.29, 0.717) is 12.3 Å². The minimum absolute atomic E-state index is 0.00497. The van der Waals surface area contributed by atoms with Crippen LogP contribution in [0.25, 0.3) is 0 Å². The van der Waals surface area contributed by atoms with E-state index in [1.54, 1.807) is 0 Å². The third kappa shape index (κ3) is 1.98. The molecule has 5 nitrogen and oxygen atoms in total. The molecule has 2 N–H and O–H groups in total. The van der Waals surface area contributed by atoms with Gasteiger partial charge in [0.2, 0.25) is 0 Å². The minimum atomic E-state index is -1.08. The first-order valence-corrected chi connectivity index (χ1v) is 5.17. The summed E-state index contributed by atoms with van der Waals surface area (Å²) in [5.74, 6) is -0.633. The third-order valence-electron chi connectivity index (χ3n) is 2.56. The largest absolute Gasteiger partial charge is 0.477 e. The molecule has 0 aliphatic carbocycles. The van der Waals surface area contributed by atoms with E-state index in [1.807, 2.05) is 0 Å². The summed E-state index contributed by atoms with van der Waals surface area (Å²) in [6.45, 7) is 1.67. The number of nitrogens with one attached hydrogen (secondary N) is 1. The Hall–Kier alpha value is -1.07. The summed E-state index contributed by atoms with van der Waals surface area (Å²) in [6, 6.07) is 0. The number of carboxylic acids is 1. The molecule has 1 aromatic rings. The van der Waals surface area contributed by atoms with Gasteiger partial charge in [-0.15, -0.1) is 0 Å². The van der Waals surface area contributed by atoms with Crippen molar-refractivity contribution in [1.82, 2.24) is 10.5 Å². The fourth-order valence-corrected chi connectivity index (χ4v) is 2.04. The molecule has 6 heteroatoms. The van der Waals surface area contributed by atoms with Gasteiger partial charge in [0, 0.05) is 12.5 Å². The maximum Gasteiger partial charge on any atom is 0.342 e. The highest BCUT2D eigenvalue weighted by Gasteiger charge is 2.28. The molecule has 0 aromatic carbocycles. The summed E-state index contributed by atoms with van der Waals surface area (Å²) in [5, 5.41) is 15.6. The summed E-state index contributed by atoms with van der Waals surface area (Å²) in [5.41, 5.74) is 0.00497. The Bertz CT molecular complexity index is 371. The molecule has 15 heavy (non-hydrogen) atoms. The summed E-state index contributed by atoms with van der Waals surface area (Å²) in [7, 11) is 0. The highest BCUT2D eigenvalue weighted by atomic mass is 35.5. The van der Waals surface area contributed by atoms with Crippen molar-refractivity contribution in [3.8, 4) is 0 Å². The molecule has 2 heterocycles. The molecule has 0 saturated carbocycles.